The van der Waals surface area contributed by atoms with E-state index in [0.29, 0.717) is 19.0 Å². The molecule has 0 aromatic carbocycles. The zero-order valence-corrected chi connectivity index (χ0v) is 13.3. The Bertz CT molecular complexity index is 574. The maximum Gasteiger partial charge on any atom is 0.228 e. The van der Waals surface area contributed by atoms with Crippen LogP contribution in [0.25, 0.3) is 0 Å². The van der Waals surface area contributed by atoms with Gasteiger partial charge in [-0.1, -0.05) is 0 Å². The van der Waals surface area contributed by atoms with Gasteiger partial charge in [-0.05, 0) is 25.0 Å². The minimum Gasteiger partial charge on any atom is -0.468 e. The van der Waals surface area contributed by atoms with Crippen LogP contribution in [0.2, 0.25) is 0 Å². The van der Waals surface area contributed by atoms with Crippen LogP contribution < -0.4 is 0 Å². The van der Waals surface area contributed by atoms with Crippen molar-refractivity contribution in [2.75, 3.05) is 32.7 Å². The van der Waals surface area contributed by atoms with Crippen molar-refractivity contribution >= 4 is 11.8 Å². The molecule has 1 aliphatic carbocycles. The summed E-state index contributed by atoms with van der Waals surface area (Å²) in [4.78, 5) is 30.9. The maximum absolute atomic E-state index is 12.7. The van der Waals surface area contributed by atoms with Gasteiger partial charge in [-0.15, -0.1) is 0 Å². The van der Waals surface area contributed by atoms with Gasteiger partial charge in [0.15, 0.2) is 0 Å². The summed E-state index contributed by atoms with van der Waals surface area (Å²) in [7, 11) is 0. The number of furan rings is 1. The van der Waals surface area contributed by atoms with Crippen LogP contribution in [0, 0.1) is 5.92 Å². The largest absolute Gasteiger partial charge is 0.468 e. The number of piperazine rings is 1. The molecule has 1 atom stereocenters. The van der Waals surface area contributed by atoms with Gasteiger partial charge in [0.1, 0.15) is 5.76 Å². The van der Waals surface area contributed by atoms with Crippen LogP contribution in [-0.4, -0.2) is 65.3 Å². The first-order valence-electron chi connectivity index (χ1n) is 8.53. The number of hydrogen-bond donors (Lipinski definition) is 0. The van der Waals surface area contributed by atoms with E-state index in [4.69, 9.17) is 4.42 Å². The van der Waals surface area contributed by atoms with Gasteiger partial charge in [-0.25, -0.2) is 0 Å². The molecular weight excluding hydrogens is 294 g/mol. The Labute approximate surface area is 136 Å². The number of rotatable bonds is 4. The molecule has 1 aromatic heterocycles. The van der Waals surface area contributed by atoms with E-state index in [1.807, 2.05) is 21.9 Å². The molecule has 0 spiro atoms. The highest BCUT2D eigenvalue weighted by atomic mass is 16.3. The number of carbonyl (C=O) groups is 2. The average molecular weight is 317 g/mol. The standard InChI is InChI=1S/C17H23N3O3/c21-16-10-13(11-20(16)14-3-4-14)17(22)19-7-5-18(6-8-19)12-15-2-1-9-23-15/h1-2,9,13-14H,3-8,10-12H2/t13-/m1/s1. The van der Waals surface area contributed by atoms with Gasteiger partial charge in [-0.3, -0.25) is 14.5 Å². The third-order valence-corrected chi connectivity index (χ3v) is 5.14. The summed E-state index contributed by atoms with van der Waals surface area (Å²) in [6.07, 6.45) is 4.32. The fourth-order valence-electron chi connectivity index (χ4n) is 3.64. The predicted molar refractivity (Wildman–Crippen MR) is 83.4 cm³/mol. The van der Waals surface area contributed by atoms with Crippen LogP contribution in [-0.2, 0) is 16.1 Å². The molecule has 3 fully saturated rings. The summed E-state index contributed by atoms with van der Waals surface area (Å²) in [5.41, 5.74) is 0. The molecule has 2 aliphatic heterocycles. The lowest BCUT2D eigenvalue weighted by Gasteiger charge is -2.35. The first-order valence-corrected chi connectivity index (χ1v) is 8.53. The molecule has 124 valence electrons. The van der Waals surface area contributed by atoms with Crippen molar-refractivity contribution in [1.82, 2.24) is 14.7 Å². The molecule has 6 heteroatoms. The van der Waals surface area contributed by atoms with E-state index < -0.39 is 0 Å². The molecule has 3 aliphatic rings. The van der Waals surface area contributed by atoms with E-state index in [0.717, 1.165) is 51.3 Å². The summed E-state index contributed by atoms with van der Waals surface area (Å²) < 4.78 is 5.38. The van der Waals surface area contributed by atoms with E-state index in [-0.39, 0.29) is 17.7 Å². The summed E-state index contributed by atoms with van der Waals surface area (Å²) >= 11 is 0. The first kappa shape index (κ1) is 14.8. The summed E-state index contributed by atoms with van der Waals surface area (Å²) in [5, 5.41) is 0. The number of likely N-dealkylation sites (tertiary alicyclic amines) is 1. The molecular formula is C17H23N3O3. The Balaban J connectivity index is 1.28. The van der Waals surface area contributed by atoms with Crippen molar-refractivity contribution in [3.05, 3.63) is 24.2 Å². The number of amides is 2. The summed E-state index contributed by atoms with van der Waals surface area (Å²) in [5.74, 6) is 1.17. The lowest BCUT2D eigenvalue weighted by Crippen LogP contribution is -2.50. The SMILES string of the molecule is O=C([C@@H]1CC(=O)N(C2CC2)C1)N1CCN(Cc2ccco2)CC1. The molecule has 1 saturated carbocycles. The summed E-state index contributed by atoms with van der Waals surface area (Å²) in [6.45, 7) is 4.64. The normalized spacial score (nSPS) is 26.1. The van der Waals surface area contributed by atoms with Crippen LogP contribution in [0.5, 0.6) is 0 Å². The highest BCUT2D eigenvalue weighted by Gasteiger charge is 2.43. The minimum absolute atomic E-state index is 0.125. The van der Waals surface area contributed by atoms with E-state index in [2.05, 4.69) is 4.90 Å². The van der Waals surface area contributed by atoms with Crippen molar-refractivity contribution in [1.29, 1.82) is 0 Å². The monoisotopic (exact) mass is 317 g/mol. The Hall–Kier alpha value is -1.82. The van der Waals surface area contributed by atoms with Gasteiger partial charge >= 0.3 is 0 Å². The highest BCUT2D eigenvalue weighted by Crippen LogP contribution is 2.33. The second kappa shape index (κ2) is 6.00. The number of hydrogen-bond acceptors (Lipinski definition) is 4. The van der Waals surface area contributed by atoms with E-state index >= 15 is 0 Å². The van der Waals surface area contributed by atoms with Gasteiger partial charge in [0.2, 0.25) is 11.8 Å². The second-order valence-electron chi connectivity index (χ2n) is 6.86. The zero-order chi connectivity index (χ0) is 15.8. The molecule has 6 nitrogen and oxygen atoms in total. The third kappa shape index (κ3) is 3.13. The Morgan fingerprint density at radius 3 is 2.65 bits per heavy atom. The topological polar surface area (TPSA) is 57.0 Å². The van der Waals surface area contributed by atoms with Crippen LogP contribution in [0.1, 0.15) is 25.0 Å². The highest BCUT2D eigenvalue weighted by molar-refractivity contribution is 5.89. The van der Waals surface area contributed by atoms with Crippen molar-refractivity contribution < 1.29 is 14.0 Å². The number of carbonyl (C=O) groups excluding carboxylic acids is 2. The first-order chi connectivity index (χ1) is 11.2. The fourth-order valence-corrected chi connectivity index (χ4v) is 3.64. The third-order valence-electron chi connectivity index (χ3n) is 5.14. The predicted octanol–water partition coefficient (Wildman–Crippen LogP) is 0.935. The molecule has 0 bridgehead atoms. The number of nitrogens with zero attached hydrogens (tertiary/aromatic N) is 3. The molecule has 0 N–H and O–H groups in total. The lowest BCUT2D eigenvalue weighted by atomic mass is 10.1. The maximum atomic E-state index is 12.7. The van der Waals surface area contributed by atoms with Gasteiger partial charge in [0.25, 0.3) is 0 Å². The van der Waals surface area contributed by atoms with Crippen LogP contribution in [0.15, 0.2) is 22.8 Å². The Morgan fingerprint density at radius 2 is 2.00 bits per heavy atom. The van der Waals surface area contributed by atoms with Crippen molar-refractivity contribution in [3.8, 4) is 0 Å². The quantitative estimate of drug-likeness (QED) is 0.829. The average Bonchev–Trinajstić information content (AvgIpc) is 3.13. The molecule has 1 aromatic rings. The van der Waals surface area contributed by atoms with E-state index in [9.17, 15) is 9.59 Å². The molecule has 4 rings (SSSR count). The molecule has 0 radical (unpaired) electrons. The minimum atomic E-state index is -0.125. The van der Waals surface area contributed by atoms with E-state index in [1.165, 1.54) is 0 Å². The van der Waals surface area contributed by atoms with Crippen LogP contribution in [0.3, 0.4) is 0 Å². The van der Waals surface area contributed by atoms with Gasteiger partial charge in [-0.2, -0.15) is 0 Å². The fraction of sp³-hybridized carbons (Fsp3) is 0.647. The van der Waals surface area contributed by atoms with E-state index in [1.54, 1.807) is 6.26 Å². The lowest BCUT2D eigenvalue weighted by molar-refractivity contribution is -0.137. The second-order valence-corrected chi connectivity index (χ2v) is 6.86. The molecule has 2 saturated heterocycles. The van der Waals surface area contributed by atoms with Gasteiger partial charge < -0.3 is 14.2 Å². The molecule has 2 amide bonds. The molecule has 0 unspecified atom stereocenters. The van der Waals surface area contributed by atoms with Gasteiger partial charge in [0, 0.05) is 45.2 Å². The van der Waals surface area contributed by atoms with Crippen molar-refractivity contribution in [3.63, 3.8) is 0 Å². The Kier molecular flexibility index (Phi) is 3.85. The summed E-state index contributed by atoms with van der Waals surface area (Å²) in [6, 6.07) is 4.30. The van der Waals surface area contributed by atoms with Crippen LogP contribution in [0.4, 0.5) is 0 Å². The van der Waals surface area contributed by atoms with Crippen molar-refractivity contribution in [2.24, 2.45) is 5.92 Å². The molecule has 3 heterocycles. The van der Waals surface area contributed by atoms with Crippen molar-refractivity contribution in [2.45, 2.75) is 31.8 Å². The Morgan fingerprint density at radius 1 is 1.22 bits per heavy atom. The molecule has 23 heavy (non-hydrogen) atoms. The van der Waals surface area contributed by atoms with Crippen LogP contribution >= 0.6 is 0 Å². The zero-order valence-electron chi connectivity index (χ0n) is 13.3. The van der Waals surface area contributed by atoms with Gasteiger partial charge in [0.05, 0.1) is 18.7 Å². The smallest absolute Gasteiger partial charge is 0.228 e.